The molecule has 4 aliphatic heterocycles. The highest BCUT2D eigenvalue weighted by Gasteiger charge is 2.52. The standard InChI is InChI=1S/C35H45N5O6/c1-34(2,3)46-33(44)38-21-24(22-38)36-16-18-37(19-17-36)26-8-7-9-27-30(26)35(4,5)32(43)40(27)28-14-15-29(41)39(31(28)42)20-23-10-12-25(45-6)13-11-23/h7-13,24,28H,14-22H2,1-6H3. The molecule has 3 saturated heterocycles. The van der Waals surface area contributed by atoms with E-state index in [-0.39, 0.29) is 36.8 Å². The first-order valence-electron chi connectivity index (χ1n) is 16.2. The van der Waals surface area contributed by atoms with Gasteiger partial charge in [0.05, 0.1) is 24.8 Å². The lowest BCUT2D eigenvalue weighted by molar-refractivity contribution is -0.150. The van der Waals surface area contributed by atoms with E-state index < -0.39 is 17.1 Å². The number of imide groups is 1. The number of piperazine rings is 1. The van der Waals surface area contributed by atoms with E-state index in [9.17, 15) is 19.2 Å². The number of carbonyl (C=O) groups excluding carboxylic acids is 4. The summed E-state index contributed by atoms with van der Waals surface area (Å²) in [5.74, 6) is 0.00594. The molecular formula is C35H45N5O6. The van der Waals surface area contributed by atoms with Gasteiger partial charge in [0.2, 0.25) is 11.8 Å². The van der Waals surface area contributed by atoms with Gasteiger partial charge in [0, 0.05) is 63.0 Å². The molecule has 4 aliphatic rings. The quantitative estimate of drug-likeness (QED) is 0.444. The number of rotatable bonds is 6. The highest BCUT2D eigenvalue weighted by Crippen LogP contribution is 2.48. The van der Waals surface area contributed by atoms with Gasteiger partial charge in [-0.05, 0) is 70.9 Å². The second-order valence-electron chi connectivity index (χ2n) is 14.3. The summed E-state index contributed by atoms with van der Waals surface area (Å²) >= 11 is 0. The fourth-order valence-corrected chi connectivity index (χ4v) is 7.09. The maximum atomic E-state index is 14.1. The average molecular weight is 632 g/mol. The van der Waals surface area contributed by atoms with E-state index >= 15 is 0 Å². The fourth-order valence-electron chi connectivity index (χ4n) is 7.09. The number of amides is 4. The topological polar surface area (TPSA) is 103 Å². The van der Waals surface area contributed by atoms with Crippen LogP contribution in [0.5, 0.6) is 5.75 Å². The van der Waals surface area contributed by atoms with Crippen molar-refractivity contribution < 1.29 is 28.7 Å². The van der Waals surface area contributed by atoms with Crippen molar-refractivity contribution >= 4 is 35.2 Å². The second-order valence-corrected chi connectivity index (χ2v) is 14.3. The van der Waals surface area contributed by atoms with Crippen molar-refractivity contribution in [2.45, 2.75) is 77.1 Å². The van der Waals surface area contributed by atoms with Gasteiger partial charge in [-0.2, -0.15) is 0 Å². The van der Waals surface area contributed by atoms with Gasteiger partial charge in [-0.3, -0.25) is 29.1 Å². The SMILES string of the molecule is COc1ccc(CN2C(=O)CCC(N3C(=O)C(C)(C)c4c(N5CCN(C6CN(C(=O)OC(C)(C)C)C6)CC5)cccc43)C2=O)cc1. The largest absolute Gasteiger partial charge is 0.497 e. The Kier molecular flexibility index (Phi) is 8.25. The number of likely N-dealkylation sites (tertiary alicyclic amines) is 2. The minimum atomic E-state index is -0.840. The second kappa shape index (κ2) is 11.9. The predicted molar refractivity (Wildman–Crippen MR) is 174 cm³/mol. The smallest absolute Gasteiger partial charge is 0.410 e. The zero-order chi connectivity index (χ0) is 33.0. The first kappa shape index (κ1) is 31.8. The van der Waals surface area contributed by atoms with Crippen LogP contribution >= 0.6 is 0 Å². The van der Waals surface area contributed by atoms with Crippen molar-refractivity contribution in [3.8, 4) is 5.75 Å². The molecule has 4 heterocycles. The molecular weight excluding hydrogens is 586 g/mol. The highest BCUT2D eigenvalue weighted by atomic mass is 16.6. The van der Waals surface area contributed by atoms with Gasteiger partial charge < -0.3 is 19.3 Å². The zero-order valence-electron chi connectivity index (χ0n) is 27.7. The maximum Gasteiger partial charge on any atom is 0.410 e. The van der Waals surface area contributed by atoms with Gasteiger partial charge in [-0.15, -0.1) is 0 Å². The predicted octanol–water partition coefficient (Wildman–Crippen LogP) is 3.78. The van der Waals surface area contributed by atoms with Crippen LogP contribution in [0.3, 0.4) is 0 Å². The summed E-state index contributed by atoms with van der Waals surface area (Å²) in [5, 5.41) is 0. The number of ether oxygens (including phenoxy) is 2. The summed E-state index contributed by atoms with van der Waals surface area (Å²) in [6, 6.07) is 12.8. The molecule has 1 atom stereocenters. The molecule has 0 aliphatic carbocycles. The normalized spacial score (nSPS) is 22.2. The first-order chi connectivity index (χ1) is 21.8. The summed E-state index contributed by atoms with van der Waals surface area (Å²) in [7, 11) is 1.59. The van der Waals surface area contributed by atoms with Crippen LogP contribution in [0.15, 0.2) is 42.5 Å². The summed E-state index contributed by atoms with van der Waals surface area (Å²) < 4.78 is 10.7. The van der Waals surface area contributed by atoms with Gasteiger partial charge in [0.1, 0.15) is 17.4 Å². The van der Waals surface area contributed by atoms with Crippen molar-refractivity contribution in [2.75, 3.05) is 56.2 Å². The Morgan fingerprint density at radius 1 is 0.935 bits per heavy atom. The highest BCUT2D eigenvalue weighted by molar-refractivity contribution is 6.14. The van der Waals surface area contributed by atoms with Crippen LogP contribution < -0.4 is 14.5 Å². The molecule has 11 nitrogen and oxygen atoms in total. The van der Waals surface area contributed by atoms with E-state index in [0.717, 1.165) is 48.7 Å². The average Bonchev–Trinajstić information content (AvgIpc) is 3.19. The molecule has 6 rings (SSSR count). The Bertz CT molecular complexity index is 1520. The van der Waals surface area contributed by atoms with Gasteiger partial charge >= 0.3 is 6.09 Å². The summed E-state index contributed by atoms with van der Waals surface area (Å²) in [6.45, 7) is 14.2. The van der Waals surface area contributed by atoms with Gasteiger partial charge in [-0.1, -0.05) is 18.2 Å². The monoisotopic (exact) mass is 631 g/mol. The van der Waals surface area contributed by atoms with E-state index in [1.165, 1.54) is 4.90 Å². The number of nitrogens with zero attached hydrogens (tertiary/aromatic N) is 5. The zero-order valence-corrected chi connectivity index (χ0v) is 27.7. The van der Waals surface area contributed by atoms with Crippen LogP contribution in [0, 0.1) is 0 Å². The third kappa shape index (κ3) is 5.81. The van der Waals surface area contributed by atoms with Crippen LogP contribution in [-0.2, 0) is 31.1 Å². The Balaban J connectivity index is 1.16. The third-order valence-corrected chi connectivity index (χ3v) is 9.64. The van der Waals surface area contributed by atoms with E-state index in [1.807, 2.05) is 58.9 Å². The lowest BCUT2D eigenvalue weighted by Gasteiger charge is -2.48. The van der Waals surface area contributed by atoms with Crippen molar-refractivity contribution in [1.82, 2.24) is 14.7 Å². The number of hydrogen-bond acceptors (Lipinski definition) is 8. The van der Waals surface area contributed by atoms with Crippen LogP contribution in [0.4, 0.5) is 16.2 Å². The summed E-state index contributed by atoms with van der Waals surface area (Å²) in [6.07, 6.45) is 0.228. The number of methoxy groups -OCH3 is 1. The number of anilines is 2. The molecule has 0 radical (unpaired) electrons. The van der Waals surface area contributed by atoms with Crippen LogP contribution in [0.25, 0.3) is 0 Å². The van der Waals surface area contributed by atoms with E-state index in [4.69, 9.17) is 9.47 Å². The van der Waals surface area contributed by atoms with Crippen molar-refractivity contribution in [2.24, 2.45) is 0 Å². The molecule has 0 N–H and O–H groups in total. The third-order valence-electron chi connectivity index (χ3n) is 9.64. The molecule has 46 heavy (non-hydrogen) atoms. The Morgan fingerprint density at radius 2 is 1.59 bits per heavy atom. The van der Waals surface area contributed by atoms with Crippen molar-refractivity contribution in [3.05, 3.63) is 53.6 Å². The molecule has 3 fully saturated rings. The summed E-state index contributed by atoms with van der Waals surface area (Å²) in [4.78, 5) is 62.9. The molecule has 246 valence electrons. The Hall–Kier alpha value is -4.12. The van der Waals surface area contributed by atoms with Crippen LogP contribution in [0.1, 0.15) is 58.6 Å². The molecule has 0 spiro atoms. The molecule has 4 amide bonds. The van der Waals surface area contributed by atoms with E-state index in [2.05, 4.69) is 15.9 Å². The molecule has 2 aromatic carbocycles. The van der Waals surface area contributed by atoms with Crippen LogP contribution in [0.2, 0.25) is 0 Å². The molecule has 0 aromatic heterocycles. The molecule has 11 heteroatoms. The Labute approximate surface area is 271 Å². The Morgan fingerprint density at radius 3 is 2.22 bits per heavy atom. The molecule has 1 unspecified atom stereocenters. The van der Waals surface area contributed by atoms with Crippen molar-refractivity contribution in [3.63, 3.8) is 0 Å². The van der Waals surface area contributed by atoms with Crippen LogP contribution in [-0.4, -0.2) is 103 Å². The van der Waals surface area contributed by atoms with Gasteiger partial charge in [0.15, 0.2) is 0 Å². The fraction of sp³-hybridized carbons (Fsp3) is 0.543. The summed E-state index contributed by atoms with van der Waals surface area (Å²) in [5.41, 5.74) is 2.16. The molecule has 0 saturated carbocycles. The number of piperidine rings is 1. The molecule has 0 bridgehead atoms. The van der Waals surface area contributed by atoms with Gasteiger partial charge in [0.25, 0.3) is 5.91 Å². The maximum absolute atomic E-state index is 14.1. The van der Waals surface area contributed by atoms with Crippen molar-refractivity contribution in [1.29, 1.82) is 0 Å². The lowest BCUT2D eigenvalue weighted by atomic mass is 9.84. The minimum absolute atomic E-state index is 0.123. The number of benzene rings is 2. The number of fused-ring (bicyclic) bond motifs is 1. The minimum Gasteiger partial charge on any atom is -0.497 e. The van der Waals surface area contributed by atoms with E-state index in [1.54, 1.807) is 29.0 Å². The molecule has 2 aromatic rings. The number of hydrogen-bond donors (Lipinski definition) is 0. The number of carbonyl (C=O) groups is 4. The first-order valence-corrected chi connectivity index (χ1v) is 16.2. The van der Waals surface area contributed by atoms with Gasteiger partial charge in [-0.25, -0.2) is 4.79 Å². The lowest BCUT2D eigenvalue weighted by Crippen LogP contribution is -2.64. The van der Waals surface area contributed by atoms with E-state index in [0.29, 0.717) is 31.3 Å².